The predicted octanol–water partition coefficient (Wildman–Crippen LogP) is 3.55. The van der Waals surface area contributed by atoms with Crippen LogP contribution in [-0.4, -0.2) is 55.0 Å². The van der Waals surface area contributed by atoms with Crippen molar-refractivity contribution in [3.63, 3.8) is 0 Å². The number of carboxylic acids is 1. The fourth-order valence-electron chi connectivity index (χ4n) is 4.38. The number of hydrogen-bond donors (Lipinski definition) is 3. The summed E-state index contributed by atoms with van der Waals surface area (Å²) in [6.45, 7) is 5.07. The summed E-state index contributed by atoms with van der Waals surface area (Å²) in [6.07, 6.45) is -0.589. The SMILES string of the molecule is CCC(COC)(NC(=O)OCC1c2ccccc2-c2ccccc21)C(=O)NC(C(=O)O)C(C)C. The van der Waals surface area contributed by atoms with Crippen LogP contribution in [0.25, 0.3) is 11.1 Å². The average Bonchev–Trinajstić information content (AvgIpc) is 3.14. The molecule has 2 atom stereocenters. The molecule has 0 spiro atoms. The van der Waals surface area contributed by atoms with Gasteiger partial charge in [0.1, 0.15) is 18.2 Å². The summed E-state index contributed by atoms with van der Waals surface area (Å²) in [5.41, 5.74) is 2.91. The molecule has 3 rings (SSSR count). The largest absolute Gasteiger partial charge is 0.480 e. The summed E-state index contributed by atoms with van der Waals surface area (Å²) in [5.74, 6) is -2.24. The van der Waals surface area contributed by atoms with Crippen LogP contribution < -0.4 is 10.6 Å². The van der Waals surface area contributed by atoms with Crippen molar-refractivity contribution in [1.82, 2.24) is 10.6 Å². The van der Waals surface area contributed by atoms with Gasteiger partial charge in [-0.1, -0.05) is 69.3 Å². The van der Waals surface area contributed by atoms with Crippen LogP contribution in [0.5, 0.6) is 0 Å². The van der Waals surface area contributed by atoms with Crippen molar-refractivity contribution in [3.05, 3.63) is 59.7 Å². The first kappa shape index (κ1) is 25.2. The number of carbonyl (C=O) groups excluding carboxylic acids is 2. The molecule has 34 heavy (non-hydrogen) atoms. The van der Waals surface area contributed by atoms with E-state index in [9.17, 15) is 19.5 Å². The van der Waals surface area contributed by atoms with E-state index in [0.717, 1.165) is 22.3 Å². The van der Waals surface area contributed by atoms with Crippen LogP contribution in [0.3, 0.4) is 0 Å². The third-order valence-electron chi connectivity index (χ3n) is 6.33. The number of hydrogen-bond acceptors (Lipinski definition) is 5. The molecule has 2 amide bonds. The van der Waals surface area contributed by atoms with Crippen molar-refractivity contribution in [3.8, 4) is 11.1 Å². The van der Waals surface area contributed by atoms with E-state index in [-0.39, 0.29) is 31.5 Å². The second-order valence-corrected chi connectivity index (χ2v) is 8.85. The lowest BCUT2D eigenvalue weighted by molar-refractivity contribution is -0.144. The molecule has 1 aliphatic rings. The average molecular weight is 469 g/mol. The molecule has 2 aromatic carbocycles. The van der Waals surface area contributed by atoms with Crippen LogP contribution in [-0.2, 0) is 19.1 Å². The Morgan fingerprint density at radius 1 is 1.03 bits per heavy atom. The van der Waals surface area contributed by atoms with Crippen LogP contribution in [0.4, 0.5) is 4.79 Å². The van der Waals surface area contributed by atoms with Gasteiger partial charge in [0.05, 0.1) is 6.61 Å². The number of methoxy groups -OCH3 is 1. The molecule has 0 aromatic heterocycles. The number of aliphatic carboxylic acids is 1. The molecule has 0 saturated carbocycles. The van der Waals surface area contributed by atoms with Gasteiger partial charge in [0.25, 0.3) is 0 Å². The molecular formula is C26H32N2O6. The van der Waals surface area contributed by atoms with E-state index in [0.29, 0.717) is 0 Å². The smallest absolute Gasteiger partial charge is 0.408 e. The number of carboxylic acid groups (broad SMARTS) is 1. The van der Waals surface area contributed by atoms with E-state index in [1.807, 2.05) is 48.5 Å². The van der Waals surface area contributed by atoms with Gasteiger partial charge in [0.2, 0.25) is 5.91 Å². The van der Waals surface area contributed by atoms with Gasteiger partial charge >= 0.3 is 12.1 Å². The van der Waals surface area contributed by atoms with Gasteiger partial charge in [0, 0.05) is 13.0 Å². The molecule has 0 bridgehead atoms. The number of benzene rings is 2. The van der Waals surface area contributed by atoms with Crippen molar-refractivity contribution in [1.29, 1.82) is 0 Å². The summed E-state index contributed by atoms with van der Waals surface area (Å²) < 4.78 is 10.8. The summed E-state index contributed by atoms with van der Waals surface area (Å²) >= 11 is 0. The molecule has 0 aliphatic heterocycles. The Morgan fingerprint density at radius 3 is 2.06 bits per heavy atom. The maximum Gasteiger partial charge on any atom is 0.408 e. The number of fused-ring (bicyclic) bond motifs is 3. The van der Waals surface area contributed by atoms with Crippen molar-refractivity contribution in [2.24, 2.45) is 5.92 Å². The number of nitrogens with one attached hydrogen (secondary N) is 2. The molecule has 0 saturated heterocycles. The lowest BCUT2D eigenvalue weighted by Crippen LogP contribution is -2.64. The van der Waals surface area contributed by atoms with E-state index in [2.05, 4.69) is 10.6 Å². The highest BCUT2D eigenvalue weighted by molar-refractivity contribution is 5.93. The number of amides is 2. The lowest BCUT2D eigenvalue weighted by atomic mass is 9.94. The van der Waals surface area contributed by atoms with E-state index >= 15 is 0 Å². The van der Waals surface area contributed by atoms with E-state index < -0.39 is 29.6 Å². The minimum Gasteiger partial charge on any atom is -0.480 e. The Hall–Kier alpha value is -3.39. The maximum absolute atomic E-state index is 13.1. The van der Waals surface area contributed by atoms with Crippen molar-refractivity contribution < 1.29 is 29.0 Å². The van der Waals surface area contributed by atoms with Crippen LogP contribution in [0.1, 0.15) is 44.2 Å². The molecule has 0 heterocycles. The first-order valence-corrected chi connectivity index (χ1v) is 11.4. The molecule has 0 fully saturated rings. The predicted molar refractivity (Wildman–Crippen MR) is 128 cm³/mol. The van der Waals surface area contributed by atoms with Gasteiger partial charge in [-0.3, -0.25) is 4.79 Å². The highest BCUT2D eigenvalue weighted by Crippen LogP contribution is 2.44. The van der Waals surface area contributed by atoms with Gasteiger partial charge in [0.15, 0.2) is 0 Å². The van der Waals surface area contributed by atoms with Crippen molar-refractivity contribution in [2.75, 3.05) is 20.3 Å². The zero-order valence-electron chi connectivity index (χ0n) is 20.0. The zero-order chi connectivity index (χ0) is 24.9. The first-order valence-electron chi connectivity index (χ1n) is 11.4. The van der Waals surface area contributed by atoms with E-state index in [1.165, 1.54) is 7.11 Å². The summed E-state index contributed by atoms with van der Waals surface area (Å²) in [6, 6.07) is 14.9. The number of rotatable bonds is 10. The summed E-state index contributed by atoms with van der Waals surface area (Å²) in [7, 11) is 1.41. The highest BCUT2D eigenvalue weighted by Gasteiger charge is 2.41. The van der Waals surface area contributed by atoms with Gasteiger partial charge in [-0.05, 0) is 34.6 Å². The van der Waals surface area contributed by atoms with E-state index in [4.69, 9.17) is 9.47 Å². The Morgan fingerprint density at radius 2 is 1.59 bits per heavy atom. The molecule has 182 valence electrons. The van der Waals surface area contributed by atoms with Gasteiger partial charge in [-0.2, -0.15) is 0 Å². The molecule has 2 aromatic rings. The van der Waals surface area contributed by atoms with Crippen LogP contribution >= 0.6 is 0 Å². The fourth-order valence-corrected chi connectivity index (χ4v) is 4.38. The van der Waals surface area contributed by atoms with Crippen LogP contribution in [0.2, 0.25) is 0 Å². The Bertz CT molecular complexity index is 1010. The third-order valence-corrected chi connectivity index (χ3v) is 6.33. The topological polar surface area (TPSA) is 114 Å². The van der Waals surface area contributed by atoms with Gasteiger partial charge in [-0.25, -0.2) is 9.59 Å². The van der Waals surface area contributed by atoms with E-state index in [1.54, 1.807) is 20.8 Å². The summed E-state index contributed by atoms with van der Waals surface area (Å²) in [5, 5.41) is 14.6. The molecule has 1 aliphatic carbocycles. The van der Waals surface area contributed by atoms with Crippen molar-refractivity contribution in [2.45, 2.75) is 44.7 Å². The Labute approximate surface area is 199 Å². The standard InChI is InChI=1S/C26H32N2O6/c1-5-26(15-33-4,24(31)27-22(16(2)3)23(29)30)28-25(32)34-14-21-19-12-8-6-10-17(19)18-11-7-9-13-20(18)21/h6-13,16,21-22H,5,14-15H2,1-4H3,(H,27,31)(H,28,32)(H,29,30). The molecule has 3 N–H and O–H groups in total. The van der Waals surface area contributed by atoms with Gasteiger partial charge < -0.3 is 25.2 Å². The normalized spacial score (nSPS) is 15.1. The second kappa shape index (κ2) is 10.7. The minimum atomic E-state index is -1.47. The molecule has 8 heteroatoms. The number of carbonyl (C=O) groups is 3. The third kappa shape index (κ3) is 5.07. The monoisotopic (exact) mass is 468 g/mol. The first-order chi connectivity index (χ1) is 16.2. The quantitative estimate of drug-likeness (QED) is 0.491. The number of alkyl carbamates (subject to hydrolysis) is 1. The highest BCUT2D eigenvalue weighted by atomic mass is 16.5. The molecule has 2 unspecified atom stereocenters. The van der Waals surface area contributed by atoms with Crippen LogP contribution in [0, 0.1) is 5.92 Å². The number of ether oxygens (including phenoxy) is 2. The fraction of sp³-hybridized carbons (Fsp3) is 0.423. The molecular weight excluding hydrogens is 436 g/mol. The Balaban J connectivity index is 1.74. The maximum atomic E-state index is 13.1. The van der Waals surface area contributed by atoms with Crippen LogP contribution in [0.15, 0.2) is 48.5 Å². The van der Waals surface area contributed by atoms with Crippen molar-refractivity contribution >= 4 is 18.0 Å². The zero-order valence-corrected chi connectivity index (χ0v) is 20.0. The minimum absolute atomic E-state index is 0.0952. The second-order valence-electron chi connectivity index (χ2n) is 8.85. The molecule has 8 nitrogen and oxygen atoms in total. The van der Waals surface area contributed by atoms with Gasteiger partial charge in [-0.15, -0.1) is 0 Å². The lowest BCUT2D eigenvalue weighted by Gasteiger charge is -2.33. The summed E-state index contributed by atoms with van der Waals surface area (Å²) in [4.78, 5) is 37.5. The Kier molecular flexibility index (Phi) is 7.94. The molecule has 0 radical (unpaired) electrons.